The second-order valence-corrected chi connectivity index (χ2v) is 4.40. The highest BCUT2D eigenvalue weighted by Crippen LogP contribution is 2.24. The molecule has 0 aliphatic carbocycles. The largest absolute Gasteiger partial charge is 0.473 e. The Bertz CT molecular complexity index is 408. The third-order valence-electron chi connectivity index (χ3n) is 2.28. The molecule has 1 N–H and O–H groups in total. The summed E-state index contributed by atoms with van der Waals surface area (Å²) in [6, 6.07) is 1.89. The number of aromatic nitrogens is 1. The third-order valence-corrected chi connectivity index (χ3v) is 2.28. The fourth-order valence-corrected chi connectivity index (χ4v) is 1.41. The molecular weight excluding hydrogens is 234 g/mol. The van der Waals surface area contributed by atoms with Crippen molar-refractivity contribution in [3.63, 3.8) is 0 Å². The van der Waals surface area contributed by atoms with Crippen molar-refractivity contribution in [3.8, 4) is 5.88 Å². The molecule has 0 aromatic carbocycles. The van der Waals surface area contributed by atoms with Crippen molar-refractivity contribution >= 4 is 5.69 Å². The molecule has 0 aliphatic rings. The van der Waals surface area contributed by atoms with Crippen LogP contribution in [-0.4, -0.2) is 29.1 Å². The maximum atomic E-state index is 10.8. The molecule has 0 radical (unpaired) electrons. The Morgan fingerprint density at radius 3 is 2.89 bits per heavy atom. The summed E-state index contributed by atoms with van der Waals surface area (Å²) in [6.45, 7) is 7.12. The molecule has 0 bridgehead atoms. The Morgan fingerprint density at radius 2 is 2.28 bits per heavy atom. The lowest BCUT2D eigenvalue weighted by Crippen LogP contribution is -2.24. The standard InChI is InChI=1S/C12H19N3O3/c1-9(2)13-5-4-6-18-12-11(15(16)17)7-10(3)8-14-12/h7-9,13H,4-6H2,1-3H3. The van der Waals surface area contributed by atoms with E-state index in [1.807, 2.05) is 0 Å². The minimum Gasteiger partial charge on any atom is -0.473 e. The van der Waals surface area contributed by atoms with Gasteiger partial charge in [0.15, 0.2) is 0 Å². The Balaban J connectivity index is 2.49. The molecule has 1 aromatic rings. The zero-order valence-corrected chi connectivity index (χ0v) is 11.0. The van der Waals surface area contributed by atoms with E-state index < -0.39 is 4.92 Å². The Hall–Kier alpha value is -1.69. The van der Waals surface area contributed by atoms with E-state index in [9.17, 15) is 10.1 Å². The predicted molar refractivity (Wildman–Crippen MR) is 68.9 cm³/mol. The molecule has 1 aromatic heterocycles. The van der Waals surface area contributed by atoms with Gasteiger partial charge in [-0.25, -0.2) is 4.98 Å². The quantitative estimate of drug-likeness (QED) is 0.457. The van der Waals surface area contributed by atoms with Gasteiger partial charge in [-0.15, -0.1) is 0 Å². The first-order valence-corrected chi connectivity index (χ1v) is 5.98. The Labute approximate surface area is 107 Å². The lowest BCUT2D eigenvalue weighted by atomic mass is 10.3. The van der Waals surface area contributed by atoms with Crippen LogP contribution in [0.1, 0.15) is 25.8 Å². The molecule has 1 heterocycles. The third kappa shape index (κ3) is 4.67. The molecule has 18 heavy (non-hydrogen) atoms. The van der Waals surface area contributed by atoms with Gasteiger partial charge in [-0.2, -0.15) is 0 Å². The van der Waals surface area contributed by atoms with E-state index in [0.717, 1.165) is 18.5 Å². The summed E-state index contributed by atoms with van der Waals surface area (Å²) in [7, 11) is 0. The van der Waals surface area contributed by atoms with Gasteiger partial charge in [-0.3, -0.25) is 10.1 Å². The second kappa shape index (κ2) is 6.90. The van der Waals surface area contributed by atoms with Crippen molar-refractivity contribution in [2.45, 2.75) is 33.2 Å². The smallest absolute Gasteiger partial charge is 0.331 e. The fourth-order valence-electron chi connectivity index (χ4n) is 1.41. The summed E-state index contributed by atoms with van der Waals surface area (Å²) in [5.74, 6) is 0.0927. The average molecular weight is 253 g/mol. The normalized spacial score (nSPS) is 10.7. The molecule has 1 rings (SSSR count). The van der Waals surface area contributed by atoms with E-state index in [1.54, 1.807) is 13.1 Å². The zero-order valence-electron chi connectivity index (χ0n) is 11.0. The zero-order chi connectivity index (χ0) is 13.5. The monoisotopic (exact) mass is 253 g/mol. The van der Waals surface area contributed by atoms with Gasteiger partial charge in [0, 0.05) is 18.3 Å². The molecule has 0 saturated carbocycles. The Kier molecular flexibility index (Phi) is 5.51. The lowest BCUT2D eigenvalue weighted by molar-refractivity contribution is -0.386. The van der Waals surface area contributed by atoms with Gasteiger partial charge in [0.2, 0.25) is 0 Å². The number of pyridine rings is 1. The van der Waals surface area contributed by atoms with E-state index in [0.29, 0.717) is 12.6 Å². The van der Waals surface area contributed by atoms with Crippen LogP contribution in [0.3, 0.4) is 0 Å². The van der Waals surface area contributed by atoms with E-state index in [4.69, 9.17) is 4.74 Å². The molecule has 6 heteroatoms. The fraction of sp³-hybridized carbons (Fsp3) is 0.583. The molecular formula is C12H19N3O3. The topological polar surface area (TPSA) is 77.3 Å². The van der Waals surface area contributed by atoms with E-state index in [-0.39, 0.29) is 11.6 Å². The first-order chi connectivity index (χ1) is 8.50. The van der Waals surface area contributed by atoms with Gasteiger partial charge in [-0.1, -0.05) is 13.8 Å². The van der Waals surface area contributed by atoms with Crippen LogP contribution in [0.25, 0.3) is 0 Å². The van der Waals surface area contributed by atoms with Crippen molar-refractivity contribution in [3.05, 3.63) is 27.9 Å². The van der Waals surface area contributed by atoms with Crippen LogP contribution in [0.15, 0.2) is 12.3 Å². The highest BCUT2D eigenvalue weighted by atomic mass is 16.6. The van der Waals surface area contributed by atoms with Crippen molar-refractivity contribution in [2.24, 2.45) is 0 Å². The van der Waals surface area contributed by atoms with Gasteiger partial charge in [0.25, 0.3) is 5.88 Å². The molecule has 0 fully saturated rings. The van der Waals surface area contributed by atoms with Crippen molar-refractivity contribution in [1.82, 2.24) is 10.3 Å². The lowest BCUT2D eigenvalue weighted by Gasteiger charge is -2.09. The van der Waals surface area contributed by atoms with Gasteiger partial charge in [0.05, 0.1) is 11.5 Å². The molecule has 0 aliphatic heterocycles. The first kappa shape index (κ1) is 14.4. The average Bonchev–Trinajstić information content (AvgIpc) is 2.29. The molecule has 0 amide bonds. The maximum Gasteiger partial charge on any atom is 0.331 e. The minimum atomic E-state index is -0.471. The van der Waals surface area contributed by atoms with Crippen LogP contribution >= 0.6 is 0 Å². The van der Waals surface area contributed by atoms with Crippen LogP contribution in [-0.2, 0) is 0 Å². The van der Waals surface area contributed by atoms with Crippen LogP contribution < -0.4 is 10.1 Å². The van der Waals surface area contributed by atoms with Crippen molar-refractivity contribution in [2.75, 3.05) is 13.2 Å². The number of hydrogen-bond donors (Lipinski definition) is 1. The molecule has 0 atom stereocenters. The molecule has 0 saturated heterocycles. The summed E-state index contributed by atoms with van der Waals surface area (Å²) in [5, 5.41) is 14.1. The molecule has 6 nitrogen and oxygen atoms in total. The predicted octanol–water partition coefficient (Wildman–Crippen LogP) is 2.07. The SMILES string of the molecule is Cc1cnc(OCCCNC(C)C)c([N+](=O)[O-])c1. The molecule has 0 spiro atoms. The van der Waals surface area contributed by atoms with Gasteiger partial charge in [0.1, 0.15) is 0 Å². The number of nitrogens with zero attached hydrogens (tertiary/aromatic N) is 2. The molecule has 0 unspecified atom stereocenters. The van der Waals surface area contributed by atoms with E-state index in [2.05, 4.69) is 24.1 Å². The number of ether oxygens (including phenoxy) is 1. The van der Waals surface area contributed by atoms with E-state index >= 15 is 0 Å². The van der Waals surface area contributed by atoms with Crippen LogP contribution in [0.4, 0.5) is 5.69 Å². The van der Waals surface area contributed by atoms with Gasteiger partial charge >= 0.3 is 5.69 Å². The second-order valence-electron chi connectivity index (χ2n) is 4.40. The highest BCUT2D eigenvalue weighted by molar-refractivity contribution is 5.42. The van der Waals surface area contributed by atoms with Crippen LogP contribution in [0.2, 0.25) is 0 Å². The molecule has 100 valence electrons. The van der Waals surface area contributed by atoms with Crippen molar-refractivity contribution in [1.29, 1.82) is 0 Å². The number of aryl methyl sites for hydroxylation is 1. The number of hydrogen-bond acceptors (Lipinski definition) is 5. The van der Waals surface area contributed by atoms with Gasteiger partial charge < -0.3 is 10.1 Å². The number of rotatable bonds is 7. The van der Waals surface area contributed by atoms with Gasteiger partial charge in [-0.05, 0) is 25.5 Å². The van der Waals surface area contributed by atoms with Crippen LogP contribution in [0.5, 0.6) is 5.88 Å². The van der Waals surface area contributed by atoms with Crippen molar-refractivity contribution < 1.29 is 9.66 Å². The van der Waals surface area contributed by atoms with E-state index in [1.165, 1.54) is 6.07 Å². The summed E-state index contributed by atoms with van der Waals surface area (Å²) in [4.78, 5) is 14.3. The highest BCUT2D eigenvalue weighted by Gasteiger charge is 2.16. The maximum absolute atomic E-state index is 10.8. The summed E-state index contributed by atoms with van der Waals surface area (Å²) >= 11 is 0. The first-order valence-electron chi connectivity index (χ1n) is 5.98. The Morgan fingerprint density at radius 1 is 1.56 bits per heavy atom. The summed E-state index contributed by atoms with van der Waals surface area (Å²) in [5.41, 5.74) is 0.669. The summed E-state index contributed by atoms with van der Waals surface area (Å²) < 4.78 is 5.34. The number of nitro groups is 1. The minimum absolute atomic E-state index is 0.0770. The number of nitrogens with one attached hydrogen (secondary N) is 1. The summed E-state index contributed by atoms with van der Waals surface area (Å²) in [6.07, 6.45) is 2.35. The van der Waals surface area contributed by atoms with Crippen LogP contribution in [0, 0.1) is 17.0 Å².